The molecule has 3 nitrogen and oxygen atoms in total. The summed E-state index contributed by atoms with van der Waals surface area (Å²) in [6.07, 6.45) is 1.56. The second-order valence-electron chi connectivity index (χ2n) is 1.47. The van der Waals surface area contributed by atoms with E-state index < -0.39 is 5.37 Å². The number of nitrogens with zero attached hydrogens (tertiary/aromatic N) is 1. The molecule has 0 aromatic rings. The fraction of sp³-hybridized carbons (Fsp3) is 0.250. The lowest BCUT2D eigenvalue weighted by molar-refractivity contribution is 0.236. The van der Waals surface area contributed by atoms with Gasteiger partial charge in [0.1, 0.15) is 5.50 Å². The first-order chi connectivity index (χ1) is 4.22. The third-order valence-corrected chi connectivity index (χ3v) is 1.90. The molecule has 0 saturated carbocycles. The molecule has 0 aromatic heterocycles. The standard InChI is InChI=1S/C4H5ClN2OS/c5-3(8)7-1-2-9-4(7)6/h1-2,4H,6H2. The van der Waals surface area contributed by atoms with Gasteiger partial charge < -0.3 is 5.73 Å². The number of nitrogens with two attached hydrogens (primary N) is 1. The molecule has 1 rings (SSSR count). The maximum Gasteiger partial charge on any atom is 0.322 e. The zero-order valence-electron chi connectivity index (χ0n) is 4.45. The summed E-state index contributed by atoms with van der Waals surface area (Å²) in [7, 11) is 0. The van der Waals surface area contributed by atoms with E-state index in [9.17, 15) is 4.79 Å². The van der Waals surface area contributed by atoms with Crippen molar-refractivity contribution in [3.05, 3.63) is 11.6 Å². The predicted molar refractivity (Wildman–Crippen MR) is 37.8 cm³/mol. The van der Waals surface area contributed by atoms with Crippen LogP contribution >= 0.6 is 23.4 Å². The molecule has 0 spiro atoms. The van der Waals surface area contributed by atoms with Gasteiger partial charge in [0.05, 0.1) is 0 Å². The number of hydrogen-bond acceptors (Lipinski definition) is 3. The molecule has 1 unspecified atom stereocenters. The van der Waals surface area contributed by atoms with Crippen LogP contribution in [-0.4, -0.2) is 15.8 Å². The Hall–Kier alpha value is -0.190. The van der Waals surface area contributed by atoms with Gasteiger partial charge in [0.25, 0.3) is 0 Å². The van der Waals surface area contributed by atoms with Crippen molar-refractivity contribution < 1.29 is 4.79 Å². The SMILES string of the molecule is NC1SC=CN1C(=O)Cl. The first kappa shape index (κ1) is 6.92. The van der Waals surface area contributed by atoms with Crippen LogP contribution in [0.15, 0.2) is 11.6 Å². The van der Waals surface area contributed by atoms with Gasteiger partial charge in [-0.1, -0.05) is 11.8 Å². The maximum atomic E-state index is 10.4. The van der Waals surface area contributed by atoms with Crippen LogP contribution < -0.4 is 5.73 Å². The Morgan fingerprint density at radius 3 is 2.78 bits per heavy atom. The average Bonchev–Trinajstić information content (AvgIpc) is 2.13. The summed E-state index contributed by atoms with van der Waals surface area (Å²) in [5, 5.41) is 1.19. The average molecular weight is 165 g/mol. The summed E-state index contributed by atoms with van der Waals surface area (Å²) >= 11 is 6.47. The maximum absolute atomic E-state index is 10.4. The fourth-order valence-electron chi connectivity index (χ4n) is 0.490. The molecule has 1 aliphatic rings. The topological polar surface area (TPSA) is 46.3 Å². The number of hydrogen-bond donors (Lipinski definition) is 1. The molecule has 0 bridgehead atoms. The van der Waals surface area contributed by atoms with E-state index in [0.29, 0.717) is 0 Å². The highest BCUT2D eigenvalue weighted by atomic mass is 35.5. The number of amides is 1. The number of carbonyl (C=O) groups is 1. The molecule has 0 aromatic carbocycles. The summed E-state index contributed by atoms with van der Waals surface area (Å²) in [4.78, 5) is 11.7. The number of rotatable bonds is 0. The Kier molecular flexibility index (Phi) is 2.00. The van der Waals surface area contributed by atoms with Crippen molar-refractivity contribution in [2.45, 2.75) is 5.50 Å². The smallest absolute Gasteiger partial charge is 0.302 e. The molecule has 1 aliphatic heterocycles. The van der Waals surface area contributed by atoms with Gasteiger partial charge >= 0.3 is 5.37 Å². The van der Waals surface area contributed by atoms with Crippen molar-refractivity contribution in [3.8, 4) is 0 Å². The molecule has 0 radical (unpaired) electrons. The fourth-order valence-corrected chi connectivity index (χ4v) is 1.37. The predicted octanol–water partition coefficient (Wildman–Crippen LogP) is 1.11. The van der Waals surface area contributed by atoms with E-state index in [1.807, 2.05) is 0 Å². The van der Waals surface area contributed by atoms with Gasteiger partial charge in [-0.15, -0.1) is 0 Å². The van der Waals surface area contributed by atoms with Crippen LogP contribution in [0.4, 0.5) is 4.79 Å². The Balaban J connectivity index is 2.59. The minimum Gasteiger partial charge on any atom is -0.302 e. The van der Waals surface area contributed by atoms with Crippen molar-refractivity contribution in [2.75, 3.05) is 0 Å². The van der Waals surface area contributed by atoms with Crippen molar-refractivity contribution in [2.24, 2.45) is 5.73 Å². The molecule has 2 N–H and O–H groups in total. The van der Waals surface area contributed by atoms with E-state index in [2.05, 4.69) is 0 Å². The lowest BCUT2D eigenvalue weighted by atomic mass is 10.8. The summed E-state index contributed by atoms with van der Waals surface area (Å²) in [6, 6.07) is 0. The lowest BCUT2D eigenvalue weighted by Crippen LogP contribution is -2.33. The van der Waals surface area contributed by atoms with Gasteiger partial charge in [-0.25, -0.2) is 0 Å². The molecule has 50 valence electrons. The highest BCUT2D eigenvalue weighted by Gasteiger charge is 2.19. The Morgan fingerprint density at radius 1 is 1.89 bits per heavy atom. The normalized spacial score (nSPS) is 25.1. The third-order valence-electron chi connectivity index (χ3n) is 0.917. The van der Waals surface area contributed by atoms with E-state index >= 15 is 0 Å². The van der Waals surface area contributed by atoms with Crippen LogP contribution in [0, 0.1) is 0 Å². The van der Waals surface area contributed by atoms with Crippen molar-refractivity contribution in [1.82, 2.24) is 4.90 Å². The van der Waals surface area contributed by atoms with Crippen molar-refractivity contribution in [1.29, 1.82) is 0 Å². The molecule has 0 aliphatic carbocycles. The molecular weight excluding hydrogens is 160 g/mol. The molecule has 9 heavy (non-hydrogen) atoms. The molecule has 1 amide bonds. The zero-order valence-corrected chi connectivity index (χ0v) is 6.02. The first-order valence-corrected chi connectivity index (χ1v) is 3.59. The summed E-state index contributed by atoms with van der Waals surface area (Å²) in [5.74, 6) is 0. The highest BCUT2D eigenvalue weighted by molar-refractivity contribution is 8.02. The van der Waals surface area contributed by atoms with Gasteiger partial charge in [0.15, 0.2) is 0 Å². The van der Waals surface area contributed by atoms with E-state index in [1.165, 1.54) is 16.7 Å². The number of halogens is 1. The molecule has 1 heterocycles. The molecule has 0 fully saturated rings. The first-order valence-electron chi connectivity index (χ1n) is 2.27. The summed E-state index contributed by atoms with van der Waals surface area (Å²) in [5.41, 5.74) is 5.06. The van der Waals surface area contributed by atoms with Crippen LogP contribution in [0.2, 0.25) is 0 Å². The van der Waals surface area contributed by atoms with Gasteiger partial charge in [0, 0.05) is 6.20 Å². The Bertz CT molecular complexity index is 161. The largest absolute Gasteiger partial charge is 0.322 e. The van der Waals surface area contributed by atoms with Crippen LogP contribution in [0.25, 0.3) is 0 Å². The number of thioether (sulfide) groups is 1. The van der Waals surface area contributed by atoms with Gasteiger partial charge in [-0.2, -0.15) is 0 Å². The second-order valence-corrected chi connectivity index (χ2v) is 2.82. The Labute approximate surface area is 61.8 Å². The minimum absolute atomic E-state index is 0.338. The van der Waals surface area contributed by atoms with Crippen LogP contribution in [0.3, 0.4) is 0 Å². The number of carbonyl (C=O) groups excluding carboxylic acids is 1. The molecule has 5 heteroatoms. The molecule has 1 atom stereocenters. The Morgan fingerprint density at radius 2 is 2.56 bits per heavy atom. The van der Waals surface area contributed by atoms with Gasteiger partial charge in [-0.05, 0) is 17.0 Å². The van der Waals surface area contributed by atoms with Crippen LogP contribution in [0.1, 0.15) is 0 Å². The monoisotopic (exact) mass is 164 g/mol. The second kappa shape index (κ2) is 2.60. The summed E-state index contributed by atoms with van der Waals surface area (Å²) in [6.45, 7) is 0. The highest BCUT2D eigenvalue weighted by Crippen LogP contribution is 2.21. The minimum atomic E-state index is -0.538. The van der Waals surface area contributed by atoms with E-state index in [-0.39, 0.29) is 5.50 Å². The van der Waals surface area contributed by atoms with Gasteiger partial charge in [-0.3, -0.25) is 9.69 Å². The van der Waals surface area contributed by atoms with E-state index in [1.54, 1.807) is 11.6 Å². The van der Waals surface area contributed by atoms with E-state index in [4.69, 9.17) is 17.3 Å². The quantitative estimate of drug-likeness (QED) is 0.431. The zero-order chi connectivity index (χ0) is 6.85. The van der Waals surface area contributed by atoms with Gasteiger partial charge in [0.2, 0.25) is 0 Å². The van der Waals surface area contributed by atoms with Crippen LogP contribution in [0.5, 0.6) is 0 Å². The summed E-state index contributed by atoms with van der Waals surface area (Å²) < 4.78 is 0. The lowest BCUT2D eigenvalue weighted by Gasteiger charge is -2.13. The third kappa shape index (κ3) is 1.38. The molecular formula is C4H5ClN2OS. The van der Waals surface area contributed by atoms with E-state index in [0.717, 1.165) is 0 Å². The van der Waals surface area contributed by atoms with Crippen LogP contribution in [-0.2, 0) is 0 Å². The molecule has 0 saturated heterocycles. The van der Waals surface area contributed by atoms with Crippen molar-refractivity contribution >= 4 is 28.7 Å². The van der Waals surface area contributed by atoms with Crippen molar-refractivity contribution in [3.63, 3.8) is 0 Å².